The summed E-state index contributed by atoms with van der Waals surface area (Å²) in [6, 6.07) is 6.70. The Balaban J connectivity index is 2.47. The van der Waals surface area contributed by atoms with Crippen LogP contribution in [0.3, 0.4) is 0 Å². The van der Waals surface area contributed by atoms with Crippen LogP contribution in [0.25, 0.3) is 0 Å². The van der Waals surface area contributed by atoms with E-state index in [1.807, 2.05) is 0 Å². The molecular formula is C16H19ClN4O4S. The summed E-state index contributed by atoms with van der Waals surface area (Å²) in [4.78, 5) is 20.1. The van der Waals surface area contributed by atoms with E-state index in [4.69, 9.17) is 16.3 Å². The van der Waals surface area contributed by atoms with Crippen LogP contribution in [-0.4, -0.2) is 43.8 Å². The number of sulfonamides is 1. The van der Waals surface area contributed by atoms with Crippen molar-refractivity contribution in [3.05, 3.63) is 41.3 Å². The predicted octanol–water partition coefficient (Wildman–Crippen LogP) is 2.83. The molecule has 26 heavy (non-hydrogen) atoms. The number of halogens is 1. The van der Waals surface area contributed by atoms with Crippen LogP contribution in [0.5, 0.6) is 0 Å². The average molecular weight is 399 g/mol. The van der Waals surface area contributed by atoms with E-state index in [9.17, 15) is 13.2 Å². The van der Waals surface area contributed by atoms with Crippen molar-refractivity contribution in [1.82, 2.24) is 9.97 Å². The number of aromatic nitrogens is 2. The van der Waals surface area contributed by atoms with Crippen molar-refractivity contribution in [2.75, 3.05) is 22.9 Å². The molecule has 1 heterocycles. The monoisotopic (exact) mass is 398 g/mol. The zero-order chi connectivity index (χ0) is 19.5. The molecule has 1 aromatic heterocycles. The fourth-order valence-electron chi connectivity index (χ4n) is 2.04. The van der Waals surface area contributed by atoms with E-state index in [0.717, 1.165) is 10.6 Å². The van der Waals surface area contributed by atoms with E-state index in [0.29, 0.717) is 11.4 Å². The fourth-order valence-corrected chi connectivity index (χ4v) is 2.69. The van der Waals surface area contributed by atoms with Crippen LogP contribution in [-0.2, 0) is 14.8 Å². The summed E-state index contributed by atoms with van der Waals surface area (Å²) in [5.74, 6) is -0.502. The van der Waals surface area contributed by atoms with Gasteiger partial charge in [-0.25, -0.2) is 18.2 Å². The first-order valence-electron chi connectivity index (χ1n) is 7.63. The maximum atomic E-state index is 12.3. The van der Waals surface area contributed by atoms with Crippen LogP contribution in [0.1, 0.15) is 24.2 Å². The molecule has 0 aliphatic carbocycles. The zero-order valence-electron chi connectivity index (χ0n) is 14.7. The molecule has 2 aromatic rings. The molecule has 0 aliphatic heterocycles. The summed E-state index contributed by atoms with van der Waals surface area (Å²) in [5, 5.41) is 2.88. The van der Waals surface area contributed by atoms with Crippen LogP contribution in [0.2, 0.25) is 5.28 Å². The van der Waals surface area contributed by atoms with Gasteiger partial charge < -0.3 is 10.1 Å². The van der Waals surface area contributed by atoms with Crippen LogP contribution < -0.4 is 9.62 Å². The second kappa shape index (κ2) is 7.88. The third kappa shape index (κ3) is 4.83. The summed E-state index contributed by atoms with van der Waals surface area (Å²) in [5.41, 5.74) is 0.890. The van der Waals surface area contributed by atoms with Crippen LogP contribution in [0.4, 0.5) is 17.2 Å². The topological polar surface area (TPSA) is 101 Å². The Kier molecular flexibility index (Phi) is 6.04. The first-order chi connectivity index (χ1) is 12.1. The minimum Gasteiger partial charge on any atom is -0.459 e. The van der Waals surface area contributed by atoms with E-state index in [2.05, 4.69) is 15.3 Å². The smallest absolute Gasteiger partial charge is 0.343 e. The second-order valence-corrected chi connectivity index (χ2v) is 8.08. The largest absolute Gasteiger partial charge is 0.459 e. The van der Waals surface area contributed by atoms with E-state index < -0.39 is 16.0 Å². The number of hydrogen-bond acceptors (Lipinski definition) is 7. The zero-order valence-corrected chi connectivity index (χ0v) is 16.3. The lowest BCUT2D eigenvalue weighted by Gasteiger charge is -2.21. The number of carbonyl (C=O) groups excluding carboxylic acids is 1. The van der Waals surface area contributed by atoms with Gasteiger partial charge in [0.2, 0.25) is 15.3 Å². The molecule has 1 aromatic carbocycles. The predicted molar refractivity (Wildman–Crippen MR) is 101 cm³/mol. The van der Waals surface area contributed by atoms with Gasteiger partial charge in [-0.05, 0) is 37.6 Å². The Hall–Kier alpha value is -2.39. The number of nitrogens with one attached hydrogen (secondary N) is 1. The average Bonchev–Trinajstić information content (AvgIpc) is 2.53. The van der Waals surface area contributed by atoms with Crippen molar-refractivity contribution < 1.29 is 17.9 Å². The summed E-state index contributed by atoms with van der Waals surface area (Å²) < 4.78 is 30.0. The normalized spacial score (nSPS) is 11.3. The van der Waals surface area contributed by atoms with Crippen molar-refractivity contribution in [3.63, 3.8) is 0 Å². The number of carbonyl (C=O) groups is 1. The summed E-state index contributed by atoms with van der Waals surface area (Å²) >= 11 is 5.85. The van der Waals surface area contributed by atoms with Crippen LogP contribution >= 0.6 is 11.6 Å². The molecule has 0 saturated heterocycles. The third-order valence-corrected chi connectivity index (χ3v) is 4.69. The van der Waals surface area contributed by atoms with Gasteiger partial charge in [0.1, 0.15) is 11.4 Å². The quantitative estimate of drug-likeness (QED) is 0.589. The minimum atomic E-state index is -3.48. The van der Waals surface area contributed by atoms with Gasteiger partial charge in [-0.1, -0.05) is 12.1 Å². The van der Waals surface area contributed by atoms with Gasteiger partial charge in [0, 0.05) is 13.2 Å². The van der Waals surface area contributed by atoms with Crippen molar-refractivity contribution in [3.8, 4) is 0 Å². The molecule has 0 aliphatic rings. The molecule has 10 heteroatoms. The Morgan fingerprint density at radius 1 is 1.31 bits per heavy atom. The number of benzene rings is 1. The fraction of sp³-hybridized carbons (Fsp3) is 0.312. The van der Waals surface area contributed by atoms with Crippen LogP contribution in [0, 0.1) is 0 Å². The number of esters is 1. The highest BCUT2D eigenvalue weighted by Crippen LogP contribution is 2.30. The molecule has 1 N–H and O–H groups in total. The molecule has 0 bridgehead atoms. The molecule has 0 radical (unpaired) electrons. The highest BCUT2D eigenvalue weighted by atomic mass is 35.5. The van der Waals surface area contributed by atoms with Gasteiger partial charge in [-0.15, -0.1) is 0 Å². The molecule has 0 spiro atoms. The van der Waals surface area contributed by atoms with Gasteiger partial charge in [0.25, 0.3) is 0 Å². The van der Waals surface area contributed by atoms with E-state index in [1.54, 1.807) is 38.1 Å². The van der Waals surface area contributed by atoms with Gasteiger partial charge >= 0.3 is 5.97 Å². The molecule has 0 fully saturated rings. The second-order valence-electron chi connectivity index (χ2n) is 5.73. The Morgan fingerprint density at radius 3 is 2.58 bits per heavy atom. The molecule has 8 nitrogen and oxygen atoms in total. The lowest BCUT2D eigenvalue weighted by Crippen LogP contribution is -2.25. The summed E-state index contributed by atoms with van der Waals surface area (Å²) in [7, 11) is -2.05. The maximum absolute atomic E-state index is 12.3. The maximum Gasteiger partial charge on any atom is 0.343 e. The Bertz CT molecular complexity index is 918. The van der Waals surface area contributed by atoms with Gasteiger partial charge in [-0.3, -0.25) is 4.31 Å². The highest BCUT2D eigenvalue weighted by Gasteiger charge is 2.20. The van der Waals surface area contributed by atoms with Crippen molar-refractivity contribution in [2.24, 2.45) is 0 Å². The summed E-state index contributed by atoms with van der Waals surface area (Å²) in [6.45, 7) is 3.44. The lowest BCUT2D eigenvalue weighted by atomic mass is 10.2. The highest BCUT2D eigenvalue weighted by molar-refractivity contribution is 7.92. The first-order valence-corrected chi connectivity index (χ1v) is 9.85. The number of rotatable bonds is 6. The molecule has 0 atom stereocenters. The number of ether oxygens (including phenoxy) is 1. The van der Waals surface area contributed by atoms with Crippen molar-refractivity contribution >= 4 is 44.8 Å². The number of para-hydroxylation sites is 2. The van der Waals surface area contributed by atoms with Gasteiger partial charge in [-0.2, -0.15) is 4.98 Å². The molecular weight excluding hydrogens is 380 g/mol. The first kappa shape index (κ1) is 19.9. The minimum absolute atomic E-state index is 0.0671. The van der Waals surface area contributed by atoms with E-state index in [1.165, 1.54) is 13.2 Å². The number of nitrogens with zero attached hydrogens (tertiary/aromatic N) is 3. The third-order valence-electron chi connectivity index (χ3n) is 3.32. The molecule has 0 saturated carbocycles. The lowest BCUT2D eigenvalue weighted by molar-refractivity contribution is 0.0378. The van der Waals surface area contributed by atoms with Crippen molar-refractivity contribution in [1.29, 1.82) is 0 Å². The standard InChI is InChI=1S/C16H19ClN4O4S/c1-10(2)25-15(22)11-9-18-16(17)20-14(11)19-12-7-5-6-8-13(12)21(3)26(4,23)24/h5-10H,1-4H3,(H,18,19,20). The van der Waals surface area contributed by atoms with Crippen molar-refractivity contribution in [2.45, 2.75) is 20.0 Å². The SMILES string of the molecule is CC(C)OC(=O)c1cnc(Cl)nc1Nc1ccccc1N(C)S(C)(=O)=O. The van der Waals surface area contributed by atoms with Gasteiger partial charge in [0.05, 0.1) is 23.7 Å². The molecule has 0 unspecified atom stereocenters. The number of hydrogen-bond donors (Lipinski definition) is 1. The number of anilines is 3. The van der Waals surface area contributed by atoms with Crippen LogP contribution in [0.15, 0.2) is 30.5 Å². The van der Waals surface area contributed by atoms with E-state index in [-0.39, 0.29) is 22.8 Å². The van der Waals surface area contributed by atoms with Gasteiger partial charge in [0.15, 0.2) is 0 Å². The summed E-state index contributed by atoms with van der Waals surface area (Å²) in [6.07, 6.45) is 2.02. The molecule has 0 amide bonds. The Labute approximate surface area is 157 Å². The molecule has 2 rings (SSSR count). The Morgan fingerprint density at radius 2 is 1.96 bits per heavy atom. The molecule has 140 valence electrons. The van der Waals surface area contributed by atoms with E-state index >= 15 is 0 Å².